The minimum atomic E-state index is 0.325. The number of nitrogens with one attached hydrogen (secondary N) is 1. The first-order valence-electron chi connectivity index (χ1n) is 6.32. The number of hydrogen-bond donors (Lipinski definition) is 1. The maximum Gasteiger partial charge on any atom is 0.222 e. The lowest BCUT2D eigenvalue weighted by molar-refractivity contribution is -0.134. The van der Waals surface area contributed by atoms with Gasteiger partial charge in [0, 0.05) is 26.1 Å². The predicted molar refractivity (Wildman–Crippen MR) is 62.2 cm³/mol. The molecule has 0 aromatic carbocycles. The molecule has 0 aromatic rings. The van der Waals surface area contributed by atoms with Crippen LogP contribution in [-0.2, 0) is 9.53 Å². The van der Waals surface area contributed by atoms with Crippen LogP contribution in [0.2, 0.25) is 0 Å². The first-order valence-corrected chi connectivity index (χ1v) is 6.32. The number of carbonyl (C=O) groups excluding carboxylic acids is 1. The molecule has 0 aromatic heterocycles. The van der Waals surface area contributed by atoms with Gasteiger partial charge in [0.05, 0.1) is 6.61 Å². The Hall–Kier alpha value is -0.610. The Kier molecular flexibility index (Phi) is 4.18. The summed E-state index contributed by atoms with van der Waals surface area (Å²) < 4.78 is 5.10. The lowest BCUT2D eigenvalue weighted by Gasteiger charge is -2.38. The van der Waals surface area contributed by atoms with Crippen molar-refractivity contribution in [1.82, 2.24) is 10.2 Å². The molecule has 2 saturated heterocycles. The molecule has 0 aliphatic carbocycles. The van der Waals surface area contributed by atoms with E-state index in [1.807, 2.05) is 0 Å². The van der Waals surface area contributed by atoms with Crippen LogP contribution in [0.4, 0.5) is 0 Å². The molecule has 0 bridgehead atoms. The molecule has 1 N–H and O–H groups in total. The summed E-state index contributed by atoms with van der Waals surface area (Å²) in [5.74, 6) is 0.975. The molecule has 16 heavy (non-hydrogen) atoms. The molecular weight excluding hydrogens is 204 g/mol. The van der Waals surface area contributed by atoms with E-state index in [-0.39, 0.29) is 0 Å². The SMILES string of the molecule is COCCN1C(=O)CCC[C@H]2CNCC[C@H]21. The van der Waals surface area contributed by atoms with Gasteiger partial charge in [0.25, 0.3) is 0 Å². The van der Waals surface area contributed by atoms with E-state index in [0.717, 1.165) is 38.9 Å². The summed E-state index contributed by atoms with van der Waals surface area (Å²) in [7, 11) is 1.70. The van der Waals surface area contributed by atoms with Crippen molar-refractivity contribution in [3.05, 3.63) is 0 Å². The van der Waals surface area contributed by atoms with Gasteiger partial charge in [-0.15, -0.1) is 0 Å². The molecule has 4 nitrogen and oxygen atoms in total. The number of piperidine rings is 1. The van der Waals surface area contributed by atoms with Gasteiger partial charge >= 0.3 is 0 Å². The van der Waals surface area contributed by atoms with E-state index in [2.05, 4.69) is 10.2 Å². The Morgan fingerprint density at radius 2 is 2.38 bits per heavy atom. The molecule has 2 aliphatic rings. The molecule has 0 spiro atoms. The van der Waals surface area contributed by atoms with Crippen LogP contribution in [0.3, 0.4) is 0 Å². The van der Waals surface area contributed by atoms with Crippen molar-refractivity contribution in [2.24, 2.45) is 5.92 Å². The van der Waals surface area contributed by atoms with Gasteiger partial charge < -0.3 is 15.0 Å². The third-order valence-corrected chi connectivity index (χ3v) is 3.79. The van der Waals surface area contributed by atoms with E-state index in [4.69, 9.17) is 4.74 Å². The molecule has 2 rings (SSSR count). The number of methoxy groups -OCH3 is 1. The molecule has 4 heteroatoms. The van der Waals surface area contributed by atoms with Gasteiger partial charge in [0.15, 0.2) is 0 Å². The van der Waals surface area contributed by atoms with Gasteiger partial charge in [-0.25, -0.2) is 0 Å². The van der Waals surface area contributed by atoms with E-state index >= 15 is 0 Å². The van der Waals surface area contributed by atoms with Crippen LogP contribution in [0.5, 0.6) is 0 Å². The molecule has 0 radical (unpaired) electrons. The van der Waals surface area contributed by atoms with E-state index in [0.29, 0.717) is 24.5 Å². The number of amides is 1. The third-order valence-electron chi connectivity index (χ3n) is 3.79. The van der Waals surface area contributed by atoms with E-state index in [1.54, 1.807) is 7.11 Å². The van der Waals surface area contributed by atoms with Gasteiger partial charge in [0.2, 0.25) is 5.91 Å². The smallest absolute Gasteiger partial charge is 0.222 e. The van der Waals surface area contributed by atoms with Crippen LogP contribution in [0.1, 0.15) is 25.7 Å². The predicted octanol–water partition coefficient (Wildman–Crippen LogP) is 0.623. The van der Waals surface area contributed by atoms with Crippen molar-refractivity contribution in [3.63, 3.8) is 0 Å². The highest BCUT2D eigenvalue weighted by molar-refractivity contribution is 5.76. The highest BCUT2D eigenvalue weighted by Gasteiger charge is 2.34. The highest BCUT2D eigenvalue weighted by atomic mass is 16.5. The monoisotopic (exact) mass is 226 g/mol. The van der Waals surface area contributed by atoms with Crippen molar-refractivity contribution in [3.8, 4) is 0 Å². The van der Waals surface area contributed by atoms with Crippen molar-refractivity contribution < 1.29 is 9.53 Å². The summed E-state index contributed by atoms with van der Waals surface area (Å²) in [4.78, 5) is 14.1. The summed E-state index contributed by atoms with van der Waals surface area (Å²) >= 11 is 0. The summed E-state index contributed by atoms with van der Waals surface area (Å²) in [6.45, 7) is 3.53. The Labute approximate surface area is 97.3 Å². The molecule has 2 fully saturated rings. The van der Waals surface area contributed by atoms with Gasteiger partial charge in [-0.2, -0.15) is 0 Å². The molecule has 0 unspecified atom stereocenters. The second-order valence-electron chi connectivity index (χ2n) is 4.79. The fraction of sp³-hybridized carbons (Fsp3) is 0.917. The largest absolute Gasteiger partial charge is 0.383 e. The standard InChI is InChI=1S/C12H22N2O2/c1-16-8-7-14-11-5-6-13-9-10(11)3-2-4-12(14)15/h10-11,13H,2-9H2,1H3/t10-,11+/m0/s1. The van der Waals surface area contributed by atoms with Crippen LogP contribution < -0.4 is 5.32 Å². The molecule has 0 saturated carbocycles. The second-order valence-corrected chi connectivity index (χ2v) is 4.79. The second kappa shape index (κ2) is 5.64. The maximum absolute atomic E-state index is 12.0. The molecule has 1 amide bonds. The number of nitrogens with zero attached hydrogens (tertiary/aromatic N) is 1. The van der Waals surface area contributed by atoms with Crippen molar-refractivity contribution in [2.45, 2.75) is 31.7 Å². The topological polar surface area (TPSA) is 41.6 Å². The van der Waals surface area contributed by atoms with Crippen molar-refractivity contribution in [2.75, 3.05) is 33.4 Å². The molecular formula is C12H22N2O2. The molecule has 2 heterocycles. The molecule has 2 aliphatic heterocycles. The van der Waals surface area contributed by atoms with E-state index in [1.165, 1.54) is 6.42 Å². The van der Waals surface area contributed by atoms with Crippen molar-refractivity contribution in [1.29, 1.82) is 0 Å². The van der Waals surface area contributed by atoms with E-state index < -0.39 is 0 Å². The lowest BCUT2D eigenvalue weighted by atomic mass is 9.89. The average molecular weight is 226 g/mol. The normalized spacial score (nSPS) is 31.1. The van der Waals surface area contributed by atoms with Gasteiger partial charge in [-0.1, -0.05) is 0 Å². The number of carbonyl (C=O) groups is 1. The Morgan fingerprint density at radius 3 is 3.19 bits per heavy atom. The first-order chi connectivity index (χ1) is 7.83. The van der Waals surface area contributed by atoms with Crippen LogP contribution in [-0.4, -0.2) is 50.2 Å². The molecule has 92 valence electrons. The van der Waals surface area contributed by atoms with Gasteiger partial charge in [0.1, 0.15) is 0 Å². The van der Waals surface area contributed by atoms with Crippen LogP contribution >= 0.6 is 0 Å². The maximum atomic E-state index is 12.0. The van der Waals surface area contributed by atoms with Gasteiger partial charge in [-0.05, 0) is 38.3 Å². The summed E-state index contributed by atoms with van der Waals surface area (Å²) in [6.07, 6.45) is 4.05. The van der Waals surface area contributed by atoms with E-state index in [9.17, 15) is 4.79 Å². The summed E-state index contributed by atoms with van der Waals surface area (Å²) in [5.41, 5.74) is 0. The Bertz CT molecular complexity index is 245. The zero-order valence-electron chi connectivity index (χ0n) is 10.1. The number of hydrogen-bond acceptors (Lipinski definition) is 3. The average Bonchev–Trinajstić information content (AvgIpc) is 2.46. The number of likely N-dealkylation sites (tertiary alicyclic amines) is 1. The Balaban J connectivity index is 2.05. The van der Waals surface area contributed by atoms with Crippen LogP contribution in [0, 0.1) is 5.92 Å². The van der Waals surface area contributed by atoms with Crippen LogP contribution in [0.15, 0.2) is 0 Å². The summed E-state index contributed by atoms with van der Waals surface area (Å²) in [6, 6.07) is 0.450. The van der Waals surface area contributed by atoms with Crippen molar-refractivity contribution >= 4 is 5.91 Å². The Morgan fingerprint density at radius 1 is 1.50 bits per heavy atom. The fourth-order valence-electron chi connectivity index (χ4n) is 2.94. The zero-order chi connectivity index (χ0) is 11.4. The van der Waals surface area contributed by atoms with Gasteiger partial charge in [-0.3, -0.25) is 4.79 Å². The first kappa shape index (κ1) is 11.9. The lowest BCUT2D eigenvalue weighted by Crippen LogP contribution is -2.51. The minimum Gasteiger partial charge on any atom is -0.383 e. The quantitative estimate of drug-likeness (QED) is 0.767. The highest BCUT2D eigenvalue weighted by Crippen LogP contribution is 2.27. The zero-order valence-corrected chi connectivity index (χ0v) is 10.1. The molecule has 2 atom stereocenters. The fourth-order valence-corrected chi connectivity index (χ4v) is 2.94. The number of fused-ring (bicyclic) bond motifs is 1. The number of rotatable bonds is 3. The minimum absolute atomic E-state index is 0.325. The number of ether oxygens (including phenoxy) is 1. The summed E-state index contributed by atoms with van der Waals surface area (Å²) in [5, 5.41) is 3.43. The third kappa shape index (κ3) is 2.55. The van der Waals surface area contributed by atoms with Crippen LogP contribution in [0.25, 0.3) is 0 Å².